The number of carbonyl (C=O) groups is 1. The second-order valence-corrected chi connectivity index (χ2v) is 7.93. The number of alkyl halides is 1. The van der Waals surface area contributed by atoms with Gasteiger partial charge in [0.05, 0.1) is 11.4 Å². The molecule has 0 saturated heterocycles. The molecule has 0 unspecified atom stereocenters. The number of nitrogens with zero attached hydrogens (tertiary/aromatic N) is 2. The van der Waals surface area contributed by atoms with Crippen LogP contribution in [0.25, 0.3) is 0 Å². The van der Waals surface area contributed by atoms with E-state index in [2.05, 4.69) is 21.0 Å². The highest BCUT2D eigenvalue weighted by Crippen LogP contribution is 2.37. The number of carbonyl (C=O) groups excluding carboxylic acids is 1. The molecule has 1 aliphatic rings. The number of hydrazone groups is 1. The molecule has 134 valence electrons. The molecule has 0 radical (unpaired) electrons. The molecule has 0 N–H and O–H groups in total. The van der Waals surface area contributed by atoms with E-state index in [1.165, 1.54) is 5.01 Å². The zero-order chi connectivity index (χ0) is 18.9. The van der Waals surface area contributed by atoms with E-state index < -0.39 is 4.87 Å². The Bertz CT molecular complexity index is 990. The minimum Gasteiger partial charge on any atom is -0.270 e. The molecule has 0 fully saturated rings. The van der Waals surface area contributed by atoms with Gasteiger partial charge in [-0.1, -0.05) is 76.6 Å². The third-order valence-corrected chi connectivity index (χ3v) is 5.52. The molecule has 3 aromatic rings. The van der Waals surface area contributed by atoms with E-state index in [0.29, 0.717) is 17.8 Å². The highest BCUT2D eigenvalue weighted by molar-refractivity contribution is 9.10. The van der Waals surface area contributed by atoms with E-state index in [4.69, 9.17) is 11.6 Å². The van der Waals surface area contributed by atoms with Crippen molar-refractivity contribution in [3.63, 3.8) is 0 Å². The molecule has 3 nitrogen and oxygen atoms in total. The summed E-state index contributed by atoms with van der Waals surface area (Å²) < 4.78 is 0.958. The van der Waals surface area contributed by atoms with Crippen LogP contribution in [0.1, 0.15) is 11.1 Å². The molecule has 1 heterocycles. The second-order valence-electron chi connectivity index (χ2n) is 6.37. The summed E-state index contributed by atoms with van der Waals surface area (Å²) >= 11 is 10.5. The van der Waals surface area contributed by atoms with Crippen molar-refractivity contribution in [2.75, 3.05) is 5.01 Å². The highest BCUT2D eigenvalue weighted by atomic mass is 79.9. The fourth-order valence-corrected chi connectivity index (χ4v) is 3.81. The first-order chi connectivity index (χ1) is 13.1. The number of hydrogen-bond donors (Lipinski definition) is 0. The topological polar surface area (TPSA) is 32.7 Å². The molecular formula is C22H16BrClN2O. The van der Waals surface area contributed by atoms with Gasteiger partial charge in [0.15, 0.2) is 4.87 Å². The number of halogens is 2. The first kappa shape index (κ1) is 18.0. The Morgan fingerprint density at radius 1 is 0.889 bits per heavy atom. The van der Waals surface area contributed by atoms with Crippen molar-refractivity contribution >= 4 is 44.8 Å². The predicted octanol–water partition coefficient (Wildman–Crippen LogP) is 5.42. The SMILES string of the molecule is O=C1N(c2ccccc2)N=C(c2ccc(Br)cc2)[C@]1(Cl)Cc1ccccc1. The lowest BCUT2D eigenvalue weighted by Gasteiger charge is -2.22. The molecule has 1 aliphatic heterocycles. The van der Waals surface area contributed by atoms with Crippen LogP contribution in [0.5, 0.6) is 0 Å². The largest absolute Gasteiger partial charge is 0.275 e. The lowest BCUT2D eigenvalue weighted by atomic mass is 9.89. The Labute approximate surface area is 171 Å². The number of anilines is 1. The van der Waals surface area contributed by atoms with Gasteiger partial charge in [-0.3, -0.25) is 4.79 Å². The van der Waals surface area contributed by atoms with Crippen LogP contribution in [-0.4, -0.2) is 16.5 Å². The Morgan fingerprint density at radius 3 is 2.11 bits per heavy atom. The first-order valence-corrected chi connectivity index (χ1v) is 9.72. The van der Waals surface area contributed by atoms with E-state index >= 15 is 0 Å². The Balaban J connectivity index is 1.81. The molecule has 0 aromatic heterocycles. The second kappa shape index (κ2) is 7.29. The van der Waals surface area contributed by atoms with E-state index in [0.717, 1.165) is 15.6 Å². The summed E-state index contributed by atoms with van der Waals surface area (Å²) in [4.78, 5) is 12.1. The molecular weight excluding hydrogens is 424 g/mol. The van der Waals surface area contributed by atoms with Gasteiger partial charge in [0, 0.05) is 16.5 Å². The van der Waals surface area contributed by atoms with Crippen molar-refractivity contribution in [2.24, 2.45) is 5.10 Å². The molecule has 0 saturated carbocycles. The quantitative estimate of drug-likeness (QED) is 0.500. The Kier molecular flexibility index (Phi) is 4.85. The summed E-state index contributed by atoms with van der Waals surface area (Å²) in [6.07, 6.45) is 0.368. The van der Waals surface area contributed by atoms with Crippen LogP contribution in [0.4, 0.5) is 5.69 Å². The van der Waals surface area contributed by atoms with Gasteiger partial charge < -0.3 is 0 Å². The third kappa shape index (κ3) is 3.43. The minimum atomic E-state index is -1.26. The van der Waals surface area contributed by atoms with Gasteiger partial charge in [-0.2, -0.15) is 10.1 Å². The van der Waals surface area contributed by atoms with Crippen molar-refractivity contribution < 1.29 is 4.79 Å². The van der Waals surface area contributed by atoms with Crippen LogP contribution in [0.2, 0.25) is 0 Å². The standard InChI is InChI=1S/C22H16BrClN2O/c23-18-13-11-17(12-14-18)20-22(24,15-16-7-3-1-4-8-16)21(27)26(25-20)19-9-5-2-6-10-19/h1-14H,15H2/t22-/m1/s1. The minimum absolute atomic E-state index is 0.239. The van der Waals surface area contributed by atoms with Gasteiger partial charge in [0.25, 0.3) is 5.91 Å². The normalized spacial score (nSPS) is 19.3. The van der Waals surface area contributed by atoms with Crippen LogP contribution in [-0.2, 0) is 11.2 Å². The van der Waals surface area contributed by atoms with Crippen LogP contribution >= 0.6 is 27.5 Å². The summed E-state index contributed by atoms with van der Waals surface area (Å²) in [5.41, 5.74) is 3.08. The molecule has 4 rings (SSSR count). The number of hydrogen-bond acceptors (Lipinski definition) is 2. The van der Waals surface area contributed by atoms with E-state index in [-0.39, 0.29) is 5.91 Å². The maximum Gasteiger partial charge on any atom is 0.275 e. The van der Waals surface area contributed by atoms with Gasteiger partial charge in [-0.05, 0) is 29.8 Å². The van der Waals surface area contributed by atoms with Gasteiger partial charge >= 0.3 is 0 Å². The zero-order valence-corrected chi connectivity index (χ0v) is 16.7. The number of para-hydroxylation sites is 1. The predicted molar refractivity (Wildman–Crippen MR) is 113 cm³/mol. The first-order valence-electron chi connectivity index (χ1n) is 8.55. The van der Waals surface area contributed by atoms with E-state index in [1.54, 1.807) is 0 Å². The maximum absolute atomic E-state index is 13.4. The van der Waals surface area contributed by atoms with Crippen molar-refractivity contribution in [3.8, 4) is 0 Å². The fraction of sp³-hybridized carbons (Fsp3) is 0.0909. The van der Waals surface area contributed by atoms with Gasteiger partial charge in [0.2, 0.25) is 0 Å². The zero-order valence-electron chi connectivity index (χ0n) is 14.3. The Morgan fingerprint density at radius 2 is 1.48 bits per heavy atom. The number of rotatable bonds is 4. The average molecular weight is 440 g/mol. The van der Waals surface area contributed by atoms with Crippen LogP contribution < -0.4 is 5.01 Å². The summed E-state index contributed by atoms with van der Waals surface area (Å²) in [5, 5.41) is 6.05. The summed E-state index contributed by atoms with van der Waals surface area (Å²) in [6.45, 7) is 0. The van der Waals surface area contributed by atoms with Gasteiger partial charge in [-0.15, -0.1) is 11.6 Å². The van der Waals surface area contributed by atoms with Crippen molar-refractivity contribution in [3.05, 3.63) is 101 Å². The van der Waals surface area contributed by atoms with Crippen LogP contribution in [0, 0.1) is 0 Å². The summed E-state index contributed by atoms with van der Waals surface area (Å²) in [5.74, 6) is -0.239. The monoisotopic (exact) mass is 438 g/mol. The number of amides is 1. The van der Waals surface area contributed by atoms with E-state index in [9.17, 15) is 4.79 Å². The lowest BCUT2D eigenvalue weighted by molar-refractivity contribution is -0.118. The maximum atomic E-state index is 13.4. The van der Waals surface area contributed by atoms with Gasteiger partial charge in [0.1, 0.15) is 0 Å². The summed E-state index contributed by atoms with van der Waals surface area (Å²) in [6, 6.07) is 26.8. The summed E-state index contributed by atoms with van der Waals surface area (Å²) in [7, 11) is 0. The molecule has 27 heavy (non-hydrogen) atoms. The third-order valence-electron chi connectivity index (χ3n) is 4.52. The van der Waals surface area contributed by atoms with Gasteiger partial charge in [-0.25, -0.2) is 0 Å². The highest BCUT2D eigenvalue weighted by Gasteiger charge is 2.50. The molecule has 0 aliphatic carbocycles. The lowest BCUT2D eigenvalue weighted by Crippen LogP contribution is -2.43. The van der Waals surface area contributed by atoms with Crippen molar-refractivity contribution in [2.45, 2.75) is 11.3 Å². The van der Waals surface area contributed by atoms with E-state index in [1.807, 2.05) is 84.9 Å². The Hall–Kier alpha value is -2.43. The molecule has 0 bridgehead atoms. The van der Waals surface area contributed by atoms with Crippen molar-refractivity contribution in [1.82, 2.24) is 0 Å². The molecule has 3 aromatic carbocycles. The molecule has 1 atom stereocenters. The van der Waals surface area contributed by atoms with Crippen molar-refractivity contribution in [1.29, 1.82) is 0 Å². The molecule has 5 heteroatoms. The smallest absolute Gasteiger partial charge is 0.270 e. The van der Waals surface area contributed by atoms with Crippen LogP contribution in [0.3, 0.4) is 0 Å². The molecule has 0 spiro atoms. The van der Waals surface area contributed by atoms with Crippen LogP contribution in [0.15, 0.2) is 94.5 Å². The number of benzene rings is 3. The average Bonchev–Trinajstić information content (AvgIpc) is 2.95. The molecule has 1 amide bonds. The fourth-order valence-electron chi connectivity index (χ4n) is 3.17.